The average molecular weight is 264 g/mol. The SMILES string of the molecule is CC1(C)CCC(OC(=O)c2ccc(S)cc2)CC1. The Balaban J connectivity index is 1.90. The number of ether oxygens (including phenoxy) is 1. The molecule has 2 nitrogen and oxygen atoms in total. The third kappa shape index (κ3) is 3.52. The Labute approximate surface area is 114 Å². The van der Waals surface area contributed by atoms with Crippen LogP contribution >= 0.6 is 12.6 Å². The summed E-state index contributed by atoms with van der Waals surface area (Å²) in [6, 6.07) is 7.14. The van der Waals surface area contributed by atoms with E-state index in [1.807, 2.05) is 12.1 Å². The number of hydrogen-bond acceptors (Lipinski definition) is 3. The first-order valence-electron chi connectivity index (χ1n) is 6.46. The number of carbonyl (C=O) groups excluding carboxylic acids is 1. The molecule has 3 heteroatoms. The van der Waals surface area contributed by atoms with Crippen molar-refractivity contribution in [2.45, 2.75) is 50.5 Å². The van der Waals surface area contributed by atoms with Gasteiger partial charge in [0, 0.05) is 4.90 Å². The predicted molar refractivity (Wildman–Crippen MR) is 75.1 cm³/mol. The summed E-state index contributed by atoms with van der Waals surface area (Å²) in [7, 11) is 0. The van der Waals surface area contributed by atoms with E-state index in [1.54, 1.807) is 12.1 Å². The molecule has 1 aliphatic carbocycles. The molecular formula is C15H20O2S. The largest absolute Gasteiger partial charge is 0.459 e. The molecule has 0 saturated heterocycles. The zero-order valence-electron chi connectivity index (χ0n) is 11.0. The van der Waals surface area contributed by atoms with Gasteiger partial charge in [-0.2, -0.15) is 0 Å². The Bertz CT molecular complexity index is 413. The van der Waals surface area contributed by atoms with Gasteiger partial charge >= 0.3 is 5.97 Å². The highest BCUT2D eigenvalue weighted by Crippen LogP contribution is 2.36. The lowest BCUT2D eigenvalue weighted by Crippen LogP contribution is -2.28. The number of benzene rings is 1. The first-order chi connectivity index (χ1) is 8.46. The fraction of sp³-hybridized carbons (Fsp3) is 0.533. The van der Waals surface area contributed by atoms with Gasteiger partial charge in [0.1, 0.15) is 6.10 Å². The van der Waals surface area contributed by atoms with Crippen molar-refractivity contribution >= 4 is 18.6 Å². The monoisotopic (exact) mass is 264 g/mol. The van der Waals surface area contributed by atoms with Crippen molar-refractivity contribution in [3.63, 3.8) is 0 Å². The van der Waals surface area contributed by atoms with Crippen molar-refractivity contribution in [2.75, 3.05) is 0 Å². The molecule has 0 radical (unpaired) electrons. The van der Waals surface area contributed by atoms with Gasteiger partial charge in [-0.1, -0.05) is 13.8 Å². The normalized spacial score (nSPS) is 19.5. The number of esters is 1. The van der Waals surface area contributed by atoms with E-state index in [9.17, 15) is 4.79 Å². The third-order valence-electron chi connectivity index (χ3n) is 3.66. The molecule has 1 saturated carbocycles. The van der Waals surface area contributed by atoms with Crippen molar-refractivity contribution in [3.8, 4) is 0 Å². The molecule has 0 aromatic heterocycles. The molecule has 0 aliphatic heterocycles. The molecule has 2 rings (SSSR count). The lowest BCUT2D eigenvalue weighted by atomic mass is 9.76. The van der Waals surface area contributed by atoms with Crippen LogP contribution in [0.25, 0.3) is 0 Å². The van der Waals surface area contributed by atoms with Crippen LogP contribution in [0.1, 0.15) is 49.9 Å². The second-order valence-electron chi connectivity index (χ2n) is 5.82. The maximum atomic E-state index is 11.9. The van der Waals surface area contributed by atoms with Crippen molar-refractivity contribution in [1.29, 1.82) is 0 Å². The lowest BCUT2D eigenvalue weighted by molar-refractivity contribution is 0.00951. The van der Waals surface area contributed by atoms with E-state index in [-0.39, 0.29) is 12.1 Å². The van der Waals surface area contributed by atoms with Crippen molar-refractivity contribution in [2.24, 2.45) is 5.41 Å². The van der Waals surface area contributed by atoms with Crippen LogP contribution in [0.4, 0.5) is 0 Å². The minimum absolute atomic E-state index is 0.0844. The molecule has 0 spiro atoms. The number of hydrogen-bond donors (Lipinski definition) is 1. The van der Waals surface area contributed by atoms with Crippen molar-refractivity contribution in [1.82, 2.24) is 0 Å². The fourth-order valence-corrected chi connectivity index (χ4v) is 2.46. The maximum absolute atomic E-state index is 11.9. The van der Waals surface area contributed by atoms with E-state index in [2.05, 4.69) is 26.5 Å². The van der Waals surface area contributed by atoms with E-state index in [1.165, 1.54) is 0 Å². The highest BCUT2D eigenvalue weighted by molar-refractivity contribution is 7.80. The van der Waals surface area contributed by atoms with E-state index < -0.39 is 0 Å². The summed E-state index contributed by atoms with van der Waals surface area (Å²) in [5.74, 6) is -0.215. The summed E-state index contributed by atoms with van der Waals surface area (Å²) < 4.78 is 5.55. The average Bonchev–Trinajstić information content (AvgIpc) is 2.33. The Morgan fingerprint density at radius 3 is 2.33 bits per heavy atom. The van der Waals surface area contributed by atoms with Gasteiger partial charge in [-0.25, -0.2) is 4.79 Å². The standard InChI is InChI=1S/C15H20O2S/c1-15(2)9-7-12(8-10-15)17-14(16)11-3-5-13(18)6-4-11/h3-6,12,18H,7-10H2,1-2H3. The minimum atomic E-state index is -0.215. The molecule has 0 bridgehead atoms. The van der Waals surface area contributed by atoms with Crippen LogP contribution in [0.5, 0.6) is 0 Å². The summed E-state index contributed by atoms with van der Waals surface area (Å²) in [5, 5.41) is 0. The molecule has 0 amide bonds. The van der Waals surface area contributed by atoms with Gasteiger partial charge in [-0.3, -0.25) is 0 Å². The zero-order valence-corrected chi connectivity index (χ0v) is 11.9. The summed E-state index contributed by atoms with van der Waals surface area (Å²) in [4.78, 5) is 12.8. The molecule has 0 unspecified atom stereocenters. The molecule has 1 aliphatic rings. The van der Waals surface area contributed by atoms with Gasteiger partial charge in [0.2, 0.25) is 0 Å². The summed E-state index contributed by atoms with van der Waals surface area (Å²) >= 11 is 4.20. The highest BCUT2D eigenvalue weighted by atomic mass is 32.1. The first kappa shape index (κ1) is 13.5. The maximum Gasteiger partial charge on any atom is 0.338 e. The molecule has 1 aromatic carbocycles. The van der Waals surface area contributed by atoms with Crippen LogP contribution in [0.2, 0.25) is 0 Å². The Morgan fingerprint density at radius 2 is 1.78 bits per heavy atom. The van der Waals surface area contributed by atoms with E-state index in [4.69, 9.17) is 4.74 Å². The van der Waals surface area contributed by atoms with Gasteiger partial charge in [-0.05, 0) is 55.4 Å². The molecule has 0 heterocycles. The molecule has 0 atom stereocenters. The van der Waals surface area contributed by atoms with E-state index >= 15 is 0 Å². The second kappa shape index (κ2) is 5.35. The minimum Gasteiger partial charge on any atom is -0.459 e. The van der Waals surface area contributed by atoms with Crippen molar-refractivity contribution in [3.05, 3.63) is 29.8 Å². The summed E-state index contributed by atoms with van der Waals surface area (Å²) in [6.07, 6.45) is 4.29. The molecule has 0 N–H and O–H groups in total. The fourth-order valence-electron chi connectivity index (χ4n) is 2.31. The summed E-state index contributed by atoms with van der Waals surface area (Å²) in [5.41, 5.74) is 1.01. The van der Waals surface area contributed by atoms with Gasteiger partial charge in [0.25, 0.3) is 0 Å². The molecule has 18 heavy (non-hydrogen) atoms. The second-order valence-corrected chi connectivity index (χ2v) is 6.33. The quantitative estimate of drug-likeness (QED) is 0.643. The summed E-state index contributed by atoms with van der Waals surface area (Å²) in [6.45, 7) is 4.55. The van der Waals surface area contributed by atoms with Crippen LogP contribution in [0.15, 0.2) is 29.2 Å². The van der Waals surface area contributed by atoms with Gasteiger partial charge < -0.3 is 4.74 Å². The Kier molecular flexibility index (Phi) is 4.00. The van der Waals surface area contributed by atoms with Gasteiger partial charge in [0.15, 0.2) is 0 Å². The molecule has 98 valence electrons. The molecule has 1 fully saturated rings. The van der Waals surface area contributed by atoms with E-state index in [0.717, 1.165) is 30.6 Å². The number of rotatable bonds is 2. The molecular weight excluding hydrogens is 244 g/mol. The van der Waals surface area contributed by atoms with Gasteiger partial charge in [-0.15, -0.1) is 12.6 Å². The van der Waals surface area contributed by atoms with Crippen LogP contribution in [0, 0.1) is 5.41 Å². The van der Waals surface area contributed by atoms with Crippen LogP contribution in [-0.2, 0) is 4.74 Å². The number of carbonyl (C=O) groups is 1. The Morgan fingerprint density at radius 1 is 1.22 bits per heavy atom. The van der Waals surface area contributed by atoms with Crippen LogP contribution in [0.3, 0.4) is 0 Å². The Hall–Kier alpha value is -0.960. The van der Waals surface area contributed by atoms with Crippen LogP contribution < -0.4 is 0 Å². The smallest absolute Gasteiger partial charge is 0.338 e. The zero-order chi connectivity index (χ0) is 13.2. The van der Waals surface area contributed by atoms with Crippen molar-refractivity contribution < 1.29 is 9.53 Å². The van der Waals surface area contributed by atoms with Gasteiger partial charge in [0.05, 0.1) is 5.56 Å². The number of thiol groups is 1. The predicted octanol–water partition coefficient (Wildman–Crippen LogP) is 4.10. The highest BCUT2D eigenvalue weighted by Gasteiger charge is 2.28. The van der Waals surface area contributed by atoms with Crippen LogP contribution in [-0.4, -0.2) is 12.1 Å². The molecule has 1 aromatic rings. The van der Waals surface area contributed by atoms with E-state index in [0.29, 0.717) is 11.0 Å². The third-order valence-corrected chi connectivity index (χ3v) is 3.96. The topological polar surface area (TPSA) is 26.3 Å². The lowest BCUT2D eigenvalue weighted by Gasteiger charge is -2.33. The first-order valence-corrected chi connectivity index (χ1v) is 6.91.